The Morgan fingerprint density at radius 2 is 2.41 bits per heavy atom. The van der Waals surface area contributed by atoms with E-state index in [0.717, 1.165) is 30.6 Å². The van der Waals surface area contributed by atoms with E-state index in [2.05, 4.69) is 23.0 Å². The normalized spacial score (nSPS) is 25.8. The fourth-order valence-electron chi connectivity index (χ4n) is 2.81. The van der Waals surface area contributed by atoms with Crippen LogP contribution in [0.3, 0.4) is 0 Å². The predicted octanol–water partition coefficient (Wildman–Crippen LogP) is 1.78. The second-order valence-corrected chi connectivity index (χ2v) is 4.84. The first kappa shape index (κ1) is 10.7. The first-order valence-electron chi connectivity index (χ1n) is 6.02. The van der Waals surface area contributed by atoms with E-state index in [1.165, 1.54) is 12.0 Å². The molecule has 1 fully saturated rings. The van der Waals surface area contributed by atoms with Crippen LogP contribution in [0.25, 0.3) is 11.1 Å². The molecule has 0 saturated carbocycles. The Hall–Kier alpha value is -1.39. The second-order valence-electron chi connectivity index (χ2n) is 4.84. The quantitative estimate of drug-likeness (QED) is 0.856. The molecule has 2 N–H and O–H groups in total. The van der Waals surface area contributed by atoms with Crippen LogP contribution in [0.1, 0.15) is 18.0 Å². The number of fused-ring (bicyclic) bond motifs is 1. The number of aromatic nitrogens is 1. The molecular formula is C13H17N3O. The highest BCUT2D eigenvalue weighted by Crippen LogP contribution is 2.36. The second kappa shape index (κ2) is 4.13. The lowest BCUT2D eigenvalue weighted by Crippen LogP contribution is -2.20. The highest BCUT2D eigenvalue weighted by Gasteiger charge is 2.31. The van der Waals surface area contributed by atoms with Gasteiger partial charge in [-0.3, -0.25) is 4.90 Å². The van der Waals surface area contributed by atoms with Crippen LogP contribution in [0.2, 0.25) is 0 Å². The first-order valence-corrected chi connectivity index (χ1v) is 6.02. The number of nitrogens with zero attached hydrogens (tertiary/aromatic N) is 2. The molecule has 1 saturated heterocycles. The Morgan fingerprint density at radius 1 is 1.53 bits per heavy atom. The minimum Gasteiger partial charge on any atom is -0.443 e. The molecule has 4 heteroatoms. The molecule has 1 aliphatic heterocycles. The molecule has 1 aromatic carbocycles. The van der Waals surface area contributed by atoms with E-state index in [1.807, 2.05) is 12.1 Å². The maximum atomic E-state index is 5.77. The van der Waals surface area contributed by atoms with Gasteiger partial charge in [0.2, 0.25) is 0 Å². The summed E-state index contributed by atoms with van der Waals surface area (Å²) in [7, 11) is 2.15. The number of oxazole rings is 1. The highest BCUT2D eigenvalue weighted by atomic mass is 16.3. The van der Waals surface area contributed by atoms with E-state index in [1.54, 1.807) is 0 Å². The largest absolute Gasteiger partial charge is 0.443 e. The van der Waals surface area contributed by atoms with E-state index >= 15 is 0 Å². The SMILES string of the molecule is CN1CC(CN)CC1c1cccc2ncoc12. The van der Waals surface area contributed by atoms with Gasteiger partial charge in [0.25, 0.3) is 0 Å². The number of nitrogens with two attached hydrogens (primary N) is 1. The zero-order chi connectivity index (χ0) is 11.8. The van der Waals surface area contributed by atoms with Crippen LogP contribution in [-0.4, -0.2) is 30.0 Å². The summed E-state index contributed by atoms with van der Waals surface area (Å²) in [6.45, 7) is 1.82. The van der Waals surface area contributed by atoms with Crippen LogP contribution in [0.15, 0.2) is 29.0 Å². The van der Waals surface area contributed by atoms with Crippen molar-refractivity contribution in [2.75, 3.05) is 20.1 Å². The molecule has 17 heavy (non-hydrogen) atoms. The van der Waals surface area contributed by atoms with Gasteiger partial charge < -0.3 is 10.2 Å². The van der Waals surface area contributed by atoms with Crippen LogP contribution >= 0.6 is 0 Å². The van der Waals surface area contributed by atoms with Gasteiger partial charge in [-0.1, -0.05) is 12.1 Å². The maximum absolute atomic E-state index is 5.77. The van der Waals surface area contributed by atoms with Crippen molar-refractivity contribution in [3.8, 4) is 0 Å². The number of hydrogen-bond acceptors (Lipinski definition) is 4. The fraction of sp³-hybridized carbons (Fsp3) is 0.462. The van der Waals surface area contributed by atoms with Crippen molar-refractivity contribution in [3.05, 3.63) is 30.2 Å². The molecule has 0 amide bonds. The van der Waals surface area contributed by atoms with Gasteiger partial charge in [0, 0.05) is 18.2 Å². The maximum Gasteiger partial charge on any atom is 0.181 e. The molecule has 0 spiro atoms. The smallest absolute Gasteiger partial charge is 0.181 e. The van der Waals surface area contributed by atoms with Crippen molar-refractivity contribution in [1.82, 2.24) is 9.88 Å². The monoisotopic (exact) mass is 231 g/mol. The molecule has 1 aliphatic rings. The van der Waals surface area contributed by atoms with E-state index < -0.39 is 0 Å². The minimum absolute atomic E-state index is 0.403. The van der Waals surface area contributed by atoms with Gasteiger partial charge in [0.05, 0.1) is 0 Å². The van der Waals surface area contributed by atoms with Crippen LogP contribution in [0, 0.1) is 5.92 Å². The number of rotatable bonds is 2. The highest BCUT2D eigenvalue weighted by molar-refractivity contribution is 5.76. The van der Waals surface area contributed by atoms with Crippen LogP contribution in [0.5, 0.6) is 0 Å². The van der Waals surface area contributed by atoms with Gasteiger partial charge in [-0.15, -0.1) is 0 Å². The number of likely N-dealkylation sites (tertiary alicyclic amines) is 1. The molecule has 2 unspecified atom stereocenters. The molecule has 1 aromatic heterocycles. The summed E-state index contributed by atoms with van der Waals surface area (Å²) in [6.07, 6.45) is 2.62. The summed E-state index contributed by atoms with van der Waals surface area (Å²) >= 11 is 0. The lowest BCUT2D eigenvalue weighted by molar-refractivity contribution is 0.313. The summed E-state index contributed by atoms with van der Waals surface area (Å²) in [6, 6.07) is 6.56. The molecular weight excluding hydrogens is 214 g/mol. The lowest BCUT2D eigenvalue weighted by Gasteiger charge is -2.19. The van der Waals surface area contributed by atoms with E-state index in [9.17, 15) is 0 Å². The van der Waals surface area contributed by atoms with Crippen LogP contribution < -0.4 is 5.73 Å². The molecule has 2 atom stereocenters. The first-order chi connectivity index (χ1) is 8.29. The summed E-state index contributed by atoms with van der Waals surface area (Å²) in [4.78, 5) is 6.56. The van der Waals surface area contributed by atoms with E-state index in [4.69, 9.17) is 10.2 Å². The Balaban J connectivity index is 2.01. The average Bonchev–Trinajstić information content (AvgIpc) is 2.94. The van der Waals surface area contributed by atoms with Crippen molar-refractivity contribution in [2.24, 2.45) is 11.7 Å². The van der Waals surface area contributed by atoms with Crippen molar-refractivity contribution >= 4 is 11.1 Å². The van der Waals surface area contributed by atoms with E-state index in [-0.39, 0.29) is 0 Å². The molecule has 2 aromatic rings. The summed E-state index contributed by atoms with van der Waals surface area (Å²) < 4.78 is 5.51. The van der Waals surface area contributed by atoms with Crippen molar-refractivity contribution in [2.45, 2.75) is 12.5 Å². The average molecular weight is 231 g/mol. The zero-order valence-corrected chi connectivity index (χ0v) is 9.97. The summed E-state index contributed by atoms with van der Waals surface area (Å²) in [5.74, 6) is 0.586. The standard InChI is InChI=1S/C13H17N3O/c1-16-7-9(6-14)5-12(16)10-3-2-4-11-13(10)17-8-15-11/h2-4,8-9,12H,5-7,14H2,1H3. The Labute approximate surface area is 100 Å². The van der Waals surface area contributed by atoms with Gasteiger partial charge in [-0.2, -0.15) is 0 Å². The predicted molar refractivity (Wildman–Crippen MR) is 66.5 cm³/mol. The van der Waals surface area contributed by atoms with Gasteiger partial charge in [0.1, 0.15) is 5.52 Å². The Morgan fingerprint density at radius 3 is 3.18 bits per heavy atom. The Kier molecular flexibility index (Phi) is 2.61. The molecule has 2 heterocycles. The molecule has 90 valence electrons. The molecule has 0 aliphatic carbocycles. The third-order valence-corrected chi connectivity index (χ3v) is 3.71. The molecule has 0 bridgehead atoms. The van der Waals surface area contributed by atoms with Gasteiger partial charge in [-0.05, 0) is 32.0 Å². The molecule has 3 rings (SSSR count). The lowest BCUT2D eigenvalue weighted by atomic mass is 9.99. The summed E-state index contributed by atoms with van der Waals surface area (Å²) in [5.41, 5.74) is 8.86. The van der Waals surface area contributed by atoms with E-state index in [0.29, 0.717) is 12.0 Å². The topological polar surface area (TPSA) is 55.3 Å². The zero-order valence-electron chi connectivity index (χ0n) is 9.97. The fourth-order valence-corrected chi connectivity index (χ4v) is 2.81. The van der Waals surface area contributed by atoms with Crippen molar-refractivity contribution < 1.29 is 4.42 Å². The van der Waals surface area contributed by atoms with Crippen molar-refractivity contribution in [3.63, 3.8) is 0 Å². The molecule has 0 radical (unpaired) electrons. The molecule has 4 nitrogen and oxygen atoms in total. The van der Waals surface area contributed by atoms with Crippen LogP contribution in [0.4, 0.5) is 0 Å². The van der Waals surface area contributed by atoms with Crippen molar-refractivity contribution in [1.29, 1.82) is 0 Å². The number of para-hydroxylation sites is 1. The minimum atomic E-state index is 0.403. The summed E-state index contributed by atoms with van der Waals surface area (Å²) in [5, 5.41) is 0. The van der Waals surface area contributed by atoms with Gasteiger partial charge in [-0.25, -0.2) is 4.98 Å². The van der Waals surface area contributed by atoms with Crippen LogP contribution in [-0.2, 0) is 0 Å². The Bertz CT molecular complexity index is 522. The van der Waals surface area contributed by atoms with Gasteiger partial charge in [0.15, 0.2) is 12.0 Å². The van der Waals surface area contributed by atoms with Gasteiger partial charge >= 0.3 is 0 Å². The number of benzene rings is 1. The number of hydrogen-bond donors (Lipinski definition) is 1. The third-order valence-electron chi connectivity index (χ3n) is 3.71. The third kappa shape index (κ3) is 1.73.